The third-order valence-electron chi connectivity index (χ3n) is 14.4. The lowest BCUT2D eigenvalue weighted by atomic mass is 9.40. The lowest BCUT2D eigenvalue weighted by Crippen LogP contribution is -2.77. The van der Waals surface area contributed by atoms with Gasteiger partial charge in [-0.25, -0.2) is 0 Å². The molecule has 44 heavy (non-hydrogen) atoms. The van der Waals surface area contributed by atoms with Crippen LogP contribution in [-0.4, -0.2) is 57.6 Å². The lowest BCUT2D eigenvalue weighted by Gasteiger charge is -2.66. The van der Waals surface area contributed by atoms with Gasteiger partial charge in [0, 0.05) is 33.3 Å². The van der Waals surface area contributed by atoms with Crippen molar-refractivity contribution in [3.05, 3.63) is 46.7 Å². The van der Waals surface area contributed by atoms with Crippen LogP contribution in [-0.2, 0) is 37.2 Å². The zero-order chi connectivity index (χ0) is 30.8. The van der Waals surface area contributed by atoms with Crippen molar-refractivity contribution in [2.75, 3.05) is 0 Å². The molecule has 0 amide bonds. The Labute approximate surface area is 262 Å². The molecule has 11 atom stereocenters. The van der Waals surface area contributed by atoms with E-state index in [2.05, 4.69) is 84.6 Å². The molecule has 4 aliphatic carbocycles. The highest BCUT2D eigenvalue weighted by Gasteiger charge is 2.87. The van der Waals surface area contributed by atoms with Gasteiger partial charge in [-0.1, -0.05) is 51.5 Å². The smallest absolute Gasteiger partial charge is 0.162 e. The van der Waals surface area contributed by atoms with Crippen LogP contribution in [0, 0.1) is 22.7 Å². The fourth-order valence-electron chi connectivity index (χ4n) is 11.4. The summed E-state index contributed by atoms with van der Waals surface area (Å²) in [6, 6.07) is 6.73. The first-order valence-electron chi connectivity index (χ1n) is 17.3. The standard InChI is InChI=1S/C38H51NO5/c1-20(2)12-13-21-10-9-11-25-27(21)23-18-22-14-17-37(40)35(7,36(22,8)29(23)39-25)16-15-26-38(37)31(43-38)28-30(41-26)34(5,6)44-32(42-28)24-19-33(24,3)4/h9-12,22,24,26,28,30-32,39-40H,13-19H2,1-8H3/t22-,24?,26?,28+,30-,31+,32-,35+,36+,37-,38-/m0/s1. The molecule has 3 saturated carbocycles. The monoisotopic (exact) mass is 601 g/mol. The van der Waals surface area contributed by atoms with E-state index in [9.17, 15) is 5.11 Å². The Morgan fingerprint density at radius 2 is 1.77 bits per heavy atom. The minimum atomic E-state index is -1.02. The zero-order valence-corrected chi connectivity index (χ0v) is 27.9. The molecule has 2 unspecified atom stereocenters. The van der Waals surface area contributed by atoms with E-state index >= 15 is 0 Å². The maximum atomic E-state index is 13.3. The average Bonchev–Trinajstić information content (AvgIpc) is 3.78. The number of hydrogen-bond acceptors (Lipinski definition) is 5. The fraction of sp³-hybridized carbons (Fsp3) is 0.737. The number of allylic oxidation sites excluding steroid dienone is 2. The molecule has 1 aromatic carbocycles. The van der Waals surface area contributed by atoms with Crippen molar-refractivity contribution in [2.24, 2.45) is 22.7 Å². The Bertz CT molecular complexity index is 1600. The Kier molecular flexibility index (Phi) is 5.45. The molecule has 0 bridgehead atoms. The molecular weight excluding hydrogens is 550 g/mol. The largest absolute Gasteiger partial charge is 0.386 e. The van der Waals surface area contributed by atoms with Gasteiger partial charge in [-0.3, -0.25) is 0 Å². The van der Waals surface area contributed by atoms with Gasteiger partial charge < -0.3 is 29.0 Å². The number of nitrogens with one attached hydrogen (secondary N) is 1. The summed E-state index contributed by atoms with van der Waals surface area (Å²) in [7, 11) is 0. The molecule has 238 valence electrons. The van der Waals surface area contributed by atoms with Gasteiger partial charge in [0.2, 0.25) is 0 Å². The number of aromatic amines is 1. The van der Waals surface area contributed by atoms with E-state index in [0.717, 1.165) is 44.9 Å². The first kappa shape index (κ1) is 28.5. The van der Waals surface area contributed by atoms with Crippen LogP contribution < -0.4 is 0 Å². The molecule has 6 heteroatoms. The molecule has 2 aromatic rings. The molecule has 4 heterocycles. The quantitative estimate of drug-likeness (QED) is 0.296. The van der Waals surface area contributed by atoms with Crippen LogP contribution >= 0.6 is 0 Å². The predicted octanol–water partition coefficient (Wildman–Crippen LogP) is 6.90. The Morgan fingerprint density at radius 3 is 2.50 bits per heavy atom. The maximum absolute atomic E-state index is 13.3. The number of fused-ring (bicyclic) bond motifs is 9. The van der Waals surface area contributed by atoms with Crippen molar-refractivity contribution < 1.29 is 24.1 Å². The van der Waals surface area contributed by atoms with Gasteiger partial charge in [-0.2, -0.15) is 0 Å². The molecule has 3 saturated heterocycles. The second kappa shape index (κ2) is 8.41. The van der Waals surface area contributed by atoms with E-state index in [1.165, 1.54) is 33.3 Å². The molecule has 3 aliphatic heterocycles. The van der Waals surface area contributed by atoms with Gasteiger partial charge in [0.05, 0.1) is 11.7 Å². The summed E-state index contributed by atoms with van der Waals surface area (Å²) in [5.74, 6) is 0.863. The van der Waals surface area contributed by atoms with Crippen molar-refractivity contribution in [1.29, 1.82) is 0 Å². The van der Waals surface area contributed by atoms with E-state index in [4.69, 9.17) is 18.9 Å². The van der Waals surface area contributed by atoms with Crippen LogP contribution in [0.5, 0.6) is 0 Å². The summed E-state index contributed by atoms with van der Waals surface area (Å²) in [4.78, 5) is 3.96. The Morgan fingerprint density at radius 1 is 1.00 bits per heavy atom. The van der Waals surface area contributed by atoms with E-state index in [0.29, 0.717) is 11.8 Å². The van der Waals surface area contributed by atoms with Gasteiger partial charge in [0.15, 0.2) is 11.9 Å². The van der Waals surface area contributed by atoms with Crippen LogP contribution in [0.1, 0.15) is 104 Å². The van der Waals surface area contributed by atoms with E-state index in [1.54, 1.807) is 0 Å². The van der Waals surface area contributed by atoms with Crippen molar-refractivity contribution in [3.8, 4) is 0 Å². The number of aliphatic hydroxyl groups is 1. The van der Waals surface area contributed by atoms with Crippen LogP contribution in [0.2, 0.25) is 0 Å². The first-order valence-corrected chi connectivity index (χ1v) is 17.3. The van der Waals surface area contributed by atoms with Gasteiger partial charge in [-0.15, -0.1) is 0 Å². The number of H-pyrrole nitrogens is 1. The number of benzene rings is 1. The summed E-state index contributed by atoms with van der Waals surface area (Å²) < 4.78 is 27.3. The van der Waals surface area contributed by atoms with Crippen LogP contribution in [0.3, 0.4) is 0 Å². The summed E-state index contributed by atoms with van der Waals surface area (Å²) in [6.45, 7) is 18.1. The summed E-state index contributed by atoms with van der Waals surface area (Å²) in [5, 5.41) is 14.7. The van der Waals surface area contributed by atoms with Gasteiger partial charge in [0.25, 0.3) is 0 Å². The molecule has 9 rings (SSSR count). The first-order chi connectivity index (χ1) is 20.7. The molecule has 1 aromatic heterocycles. The third kappa shape index (κ3) is 3.21. The molecule has 1 spiro atoms. The lowest BCUT2D eigenvalue weighted by molar-refractivity contribution is -0.359. The highest BCUT2D eigenvalue weighted by atomic mass is 16.8. The van der Waals surface area contributed by atoms with E-state index in [-0.39, 0.29) is 47.0 Å². The second-order valence-electron chi connectivity index (χ2n) is 17.5. The molecule has 0 radical (unpaired) electrons. The number of epoxide rings is 1. The predicted molar refractivity (Wildman–Crippen MR) is 169 cm³/mol. The van der Waals surface area contributed by atoms with Crippen molar-refractivity contribution in [3.63, 3.8) is 0 Å². The molecular formula is C38H51NO5. The number of rotatable bonds is 3. The van der Waals surface area contributed by atoms with Gasteiger partial charge >= 0.3 is 0 Å². The van der Waals surface area contributed by atoms with E-state index in [1.807, 2.05) is 0 Å². The van der Waals surface area contributed by atoms with Crippen molar-refractivity contribution in [1.82, 2.24) is 4.98 Å². The number of ether oxygens (including phenoxy) is 4. The molecule has 2 N–H and O–H groups in total. The number of hydrogen-bond donors (Lipinski definition) is 2. The summed E-state index contributed by atoms with van der Waals surface area (Å²) in [6.07, 6.45) is 7.91. The summed E-state index contributed by atoms with van der Waals surface area (Å²) in [5.41, 5.74) is 4.22. The SMILES string of the molecule is CC(C)=CCc1cccc2[nH]c3c(c12)C[C@@H]1CC[C@]2(O)[C@](C)(CCC4O[C@H]5[C@@H](O[C@H](C6CC6(C)C)OC5(C)C)[C@H]5O[C@@]452)[C@@]31C. The third-order valence-corrected chi connectivity index (χ3v) is 14.4. The Hall–Kier alpha value is -1.70. The highest BCUT2D eigenvalue weighted by molar-refractivity contribution is 5.89. The molecule has 6 fully saturated rings. The minimum absolute atomic E-state index is 0.161. The second-order valence-corrected chi connectivity index (χ2v) is 17.5. The average molecular weight is 602 g/mol. The zero-order valence-electron chi connectivity index (χ0n) is 27.9. The van der Waals surface area contributed by atoms with Crippen LogP contribution in [0.15, 0.2) is 29.8 Å². The van der Waals surface area contributed by atoms with Gasteiger partial charge in [-0.05, 0) is 101 Å². The van der Waals surface area contributed by atoms with Gasteiger partial charge in [0.1, 0.15) is 23.9 Å². The summed E-state index contributed by atoms with van der Waals surface area (Å²) >= 11 is 0. The maximum Gasteiger partial charge on any atom is 0.162 e. The number of aromatic nitrogens is 1. The normalized spacial score (nSPS) is 48.7. The van der Waals surface area contributed by atoms with Crippen molar-refractivity contribution in [2.45, 2.75) is 153 Å². The van der Waals surface area contributed by atoms with Crippen molar-refractivity contribution >= 4 is 10.9 Å². The van der Waals surface area contributed by atoms with Crippen LogP contribution in [0.4, 0.5) is 0 Å². The van der Waals surface area contributed by atoms with Crippen LogP contribution in [0.25, 0.3) is 10.9 Å². The molecule has 7 aliphatic rings. The van der Waals surface area contributed by atoms with E-state index < -0.39 is 16.8 Å². The highest BCUT2D eigenvalue weighted by Crippen LogP contribution is 2.75. The minimum Gasteiger partial charge on any atom is -0.386 e. The molecule has 6 nitrogen and oxygen atoms in total. The fourth-order valence-corrected chi connectivity index (χ4v) is 11.4. The topological polar surface area (TPSA) is 76.2 Å². The Balaban J connectivity index is 1.11.